The Balaban J connectivity index is 2.36. The Labute approximate surface area is 80.0 Å². The van der Waals surface area contributed by atoms with Crippen molar-refractivity contribution in [1.29, 1.82) is 0 Å². The maximum atomic E-state index is 5.76. The summed E-state index contributed by atoms with van der Waals surface area (Å²) in [6, 6.07) is 1.86. The molecule has 0 aromatic carbocycles. The SMILES string of the molecule is NC1=C(n2cccn2)SCN1S. The van der Waals surface area contributed by atoms with Crippen LogP contribution in [0.5, 0.6) is 0 Å². The second-order valence-electron chi connectivity index (χ2n) is 2.31. The minimum absolute atomic E-state index is 0.659. The number of hydrogen-bond acceptors (Lipinski definition) is 5. The lowest BCUT2D eigenvalue weighted by molar-refractivity contribution is 0.686. The molecule has 1 aliphatic rings. The first kappa shape index (κ1) is 7.88. The van der Waals surface area contributed by atoms with Crippen LogP contribution in [-0.2, 0) is 0 Å². The molecule has 0 saturated carbocycles. The predicted octanol–water partition coefficient (Wildman–Crippen LogP) is 0.776. The van der Waals surface area contributed by atoms with Crippen LogP contribution in [0.15, 0.2) is 24.3 Å². The first-order valence-electron chi connectivity index (χ1n) is 3.38. The van der Waals surface area contributed by atoms with Crippen LogP contribution in [0.1, 0.15) is 0 Å². The molecule has 64 valence electrons. The molecule has 0 unspecified atom stereocenters. The van der Waals surface area contributed by atoms with Crippen molar-refractivity contribution in [2.45, 2.75) is 0 Å². The smallest absolute Gasteiger partial charge is 0.143 e. The number of nitrogens with zero attached hydrogens (tertiary/aromatic N) is 3. The number of nitrogens with two attached hydrogens (primary N) is 1. The van der Waals surface area contributed by atoms with Crippen molar-refractivity contribution in [3.05, 3.63) is 24.3 Å². The molecule has 1 aromatic heterocycles. The fraction of sp³-hybridized carbons (Fsp3) is 0.167. The van der Waals surface area contributed by atoms with Crippen molar-refractivity contribution < 1.29 is 0 Å². The summed E-state index contributed by atoms with van der Waals surface area (Å²) in [6.45, 7) is 0. The van der Waals surface area contributed by atoms with Gasteiger partial charge in [-0.2, -0.15) is 5.10 Å². The number of thiol groups is 1. The number of aromatic nitrogens is 2. The highest BCUT2D eigenvalue weighted by Crippen LogP contribution is 2.32. The van der Waals surface area contributed by atoms with E-state index in [4.69, 9.17) is 5.73 Å². The van der Waals surface area contributed by atoms with Gasteiger partial charge >= 0.3 is 0 Å². The average molecular weight is 200 g/mol. The Hall–Kier alpha value is -0.750. The first-order valence-corrected chi connectivity index (χ1v) is 4.76. The zero-order chi connectivity index (χ0) is 8.55. The van der Waals surface area contributed by atoms with E-state index in [-0.39, 0.29) is 0 Å². The summed E-state index contributed by atoms with van der Waals surface area (Å²) < 4.78 is 3.44. The zero-order valence-electron chi connectivity index (χ0n) is 6.21. The minimum atomic E-state index is 0.659. The highest BCUT2D eigenvalue weighted by molar-refractivity contribution is 8.08. The molecular formula is C6H8N4S2. The summed E-state index contributed by atoms with van der Waals surface area (Å²) in [5.74, 6) is 1.43. The highest BCUT2D eigenvalue weighted by atomic mass is 32.2. The average Bonchev–Trinajstić information content (AvgIpc) is 2.64. The van der Waals surface area contributed by atoms with E-state index < -0.39 is 0 Å². The topological polar surface area (TPSA) is 47.1 Å². The first-order chi connectivity index (χ1) is 5.79. The Morgan fingerprint density at radius 2 is 2.50 bits per heavy atom. The minimum Gasteiger partial charge on any atom is -0.382 e. The van der Waals surface area contributed by atoms with E-state index in [1.54, 1.807) is 26.9 Å². The van der Waals surface area contributed by atoms with Gasteiger partial charge in [0.2, 0.25) is 0 Å². The zero-order valence-corrected chi connectivity index (χ0v) is 7.92. The maximum absolute atomic E-state index is 5.76. The standard InChI is InChI=1S/C6H8N4S2/c7-5-6(12-4-10(5)11)9-3-1-2-8-9/h1-3,11H,4,7H2. The third-order valence-corrected chi connectivity index (χ3v) is 3.14. The predicted molar refractivity (Wildman–Crippen MR) is 52.9 cm³/mol. The summed E-state index contributed by atoms with van der Waals surface area (Å²) in [7, 11) is 0. The molecule has 0 saturated heterocycles. The molecule has 0 atom stereocenters. The lowest BCUT2D eigenvalue weighted by Crippen LogP contribution is -2.14. The molecule has 12 heavy (non-hydrogen) atoms. The van der Waals surface area contributed by atoms with E-state index in [0.717, 1.165) is 10.9 Å². The summed E-state index contributed by atoms with van der Waals surface area (Å²) in [6.07, 6.45) is 3.59. The Kier molecular flexibility index (Phi) is 1.93. The van der Waals surface area contributed by atoms with Crippen LogP contribution in [0, 0.1) is 0 Å². The molecule has 0 spiro atoms. The third kappa shape index (κ3) is 1.16. The normalized spacial score (nSPS) is 17.6. The van der Waals surface area contributed by atoms with E-state index in [9.17, 15) is 0 Å². The van der Waals surface area contributed by atoms with Gasteiger partial charge in [-0.25, -0.2) is 4.68 Å². The molecule has 4 nitrogen and oxygen atoms in total. The van der Waals surface area contributed by atoms with Gasteiger partial charge in [-0.15, -0.1) is 0 Å². The van der Waals surface area contributed by atoms with Crippen molar-refractivity contribution in [3.8, 4) is 0 Å². The van der Waals surface area contributed by atoms with Gasteiger partial charge in [-0.05, 0) is 6.07 Å². The van der Waals surface area contributed by atoms with Crippen LogP contribution in [0.4, 0.5) is 0 Å². The van der Waals surface area contributed by atoms with E-state index in [1.807, 2.05) is 12.3 Å². The lowest BCUT2D eigenvalue weighted by atomic mass is 10.7. The Bertz CT molecular complexity index is 305. The van der Waals surface area contributed by atoms with Gasteiger partial charge in [0, 0.05) is 12.4 Å². The summed E-state index contributed by atoms with van der Waals surface area (Å²) in [4.78, 5) is 0. The van der Waals surface area contributed by atoms with Crippen molar-refractivity contribution in [1.82, 2.24) is 14.1 Å². The Morgan fingerprint density at radius 1 is 1.67 bits per heavy atom. The van der Waals surface area contributed by atoms with E-state index in [1.165, 1.54) is 0 Å². The van der Waals surface area contributed by atoms with E-state index >= 15 is 0 Å². The van der Waals surface area contributed by atoms with Gasteiger partial charge in [0.15, 0.2) is 0 Å². The molecule has 2 rings (SSSR count). The largest absolute Gasteiger partial charge is 0.382 e. The van der Waals surface area contributed by atoms with Gasteiger partial charge < -0.3 is 5.73 Å². The second-order valence-corrected chi connectivity index (χ2v) is 3.73. The van der Waals surface area contributed by atoms with Gasteiger partial charge in [0.25, 0.3) is 0 Å². The third-order valence-electron chi connectivity index (χ3n) is 1.53. The molecule has 0 bridgehead atoms. The van der Waals surface area contributed by atoms with Gasteiger partial charge in [0.1, 0.15) is 10.9 Å². The molecule has 0 amide bonds. The van der Waals surface area contributed by atoms with Gasteiger partial charge in [-0.3, -0.25) is 4.31 Å². The quantitative estimate of drug-likeness (QED) is 0.658. The summed E-state index contributed by atoms with van der Waals surface area (Å²) in [5, 5.41) is 5.02. The fourth-order valence-corrected chi connectivity index (χ4v) is 2.17. The fourth-order valence-electron chi connectivity index (χ4n) is 0.949. The van der Waals surface area contributed by atoms with Crippen LogP contribution in [-0.4, -0.2) is 20.0 Å². The molecule has 6 heteroatoms. The maximum Gasteiger partial charge on any atom is 0.143 e. The second kappa shape index (κ2) is 2.95. The van der Waals surface area contributed by atoms with Crippen molar-refractivity contribution >= 4 is 29.6 Å². The summed E-state index contributed by atoms with van der Waals surface area (Å²) in [5.41, 5.74) is 5.76. The summed E-state index contributed by atoms with van der Waals surface area (Å²) >= 11 is 5.79. The van der Waals surface area contributed by atoms with Gasteiger partial charge in [-0.1, -0.05) is 24.6 Å². The van der Waals surface area contributed by atoms with Crippen LogP contribution in [0.2, 0.25) is 0 Å². The molecule has 0 aliphatic carbocycles. The molecule has 1 aliphatic heterocycles. The highest BCUT2D eigenvalue weighted by Gasteiger charge is 2.19. The molecule has 2 N–H and O–H groups in total. The van der Waals surface area contributed by atoms with Crippen LogP contribution in [0.25, 0.3) is 5.03 Å². The molecule has 0 fully saturated rings. The van der Waals surface area contributed by atoms with Crippen LogP contribution in [0.3, 0.4) is 0 Å². The molecule has 2 heterocycles. The number of hydrogen-bond donors (Lipinski definition) is 2. The van der Waals surface area contributed by atoms with Crippen LogP contribution < -0.4 is 5.73 Å². The molecule has 0 radical (unpaired) electrons. The van der Waals surface area contributed by atoms with Crippen molar-refractivity contribution in [2.75, 3.05) is 5.88 Å². The van der Waals surface area contributed by atoms with E-state index in [2.05, 4.69) is 17.9 Å². The van der Waals surface area contributed by atoms with Crippen molar-refractivity contribution in [3.63, 3.8) is 0 Å². The molecule has 1 aromatic rings. The van der Waals surface area contributed by atoms with Crippen LogP contribution >= 0.6 is 24.6 Å². The van der Waals surface area contributed by atoms with Crippen molar-refractivity contribution in [2.24, 2.45) is 5.73 Å². The lowest BCUT2D eigenvalue weighted by Gasteiger charge is -2.07. The monoisotopic (exact) mass is 200 g/mol. The van der Waals surface area contributed by atoms with E-state index in [0.29, 0.717) is 5.82 Å². The Morgan fingerprint density at radius 3 is 3.00 bits per heavy atom. The molecular weight excluding hydrogens is 192 g/mol. The number of rotatable bonds is 1. The van der Waals surface area contributed by atoms with Gasteiger partial charge in [0.05, 0.1) is 5.88 Å². The number of thioether (sulfide) groups is 1.